The molecule has 3 nitrogen and oxygen atoms in total. The maximum atomic E-state index is 13.1. The molecule has 2 rings (SSSR count). The molecule has 0 unspecified atom stereocenters. The van der Waals surface area contributed by atoms with E-state index in [1.54, 1.807) is 12.1 Å². The van der Waals surface area contributed by atoms with E-state index in [1.807, 2.05) is 19.9 Å². The number of nitrogens with two attached hydrogens (primary N) is 1. The van der Waals surface area contributed by atoms with Gasteiger partial charge >= 0.3 is 0 Å². The van der Waals surface area contributed by atoms with E-state index in [1.165, 1.54) is 12.1 Å². The summed E-state index contributed by atoms with van der Waals surface area (Å²) in [7, 11) is 0. The third-order valence-corrected chi connectivity index (χ3v) is 2.77. The van der Waals surface area contributed by atoms with E-state index in [4.69, 9.17) is 22.7 Å². The Bertz CT molecular complexity index is 643. The van der Waals surface area contributed by atoms with Crippen LogP contribution in [0.15, 0.2) is 30.3 Å². The van der Waals surface area contributed by atoms with Crippen LogP contribution >= 0.6 is 12.2 Å². The van der Waals surface area contributed by atoms with E-state index >= 15 is 0 Å². The van der Waals surface area contributed by atoms with Gasteiger partial charge in [0.25, 0.3) is 0 Å². The minimum Gasteiger partial charge on any atom is -0.438 e. The Labute approximate surface area is 116 Å². The normalized spacial score (nSPS) is 10.3. The quantitative estimate of drug-likeness (QED) is 0.874. The highest BCUT2D eigenvalue weighted by atomic mass is 32.1. The van der Waals surface area contributed by atoms with Crippen LogP contribution in [0, 0.1) is 19.7 Å². The molecule has 0 amide bonds. The topological polar surface area (TPSA) is 48.1 Å². The van der Waals surface area contributed by atoms with Gasteiger partial charge in [-0.15, -0.1) is 0 Å². The number of aryl methyl sites for hydroxylation is 2. The van der Waals surface area contributed by atoms with Gasteiger partial charge in [-0.05, 0) is 37.6 Å². The molecule has 2 aromatic rings. The van der Waals surface area contributed by atoms with E-state index in [0.717, 1.165) is 11.3 Å². The summed E-state index contributed by atoms with van der Waals surface area (Å²) >= 11 is 5.01. The van der Waals surface area contributed by atoms with Gasteiger partial charge in [0.1, 0.15) is 16.6 Å². The van der Waals surface area contributed by atoms with Crippen LogP contribution in [-0.4, -0.2) is 9.97 Å². The van der Waals surface area contributed by atoms with Crippen molar-refractivity contribution in [2.45, 2.75) is 13.8 Å². The average molecular weight is 276 g/mol. The lowest BCUT2D eigenvalue weighted by atomic mass is 10.1. The van der Waals surface area contributed by atoms with Crippen LogP contribution in [0.1, 0.15) is 16.8 Å². The van der Waals surface area contributed by atoms with Gasteiger partial charge in [0, 0.05) is 11.8 Å². The number of hydrogen-bond acceptors (Lipinski definition) is 3. The fourth-order valence-electron chi connectivity index (χ4n) is 1.82. The second kappa shape index (κ2) is 5.32. The summed E-state index contributed by atoms with van der Waals surface area (Å²) in [5, 5.41) is 0. The van der Waals surface area contributed by atoms with Gasteiger partial charge < -0.3 is 10.5 Å². The molecule has 2 N–H and O–H groups in total. The van der Waals surface area contributed by atoms with E-state index in [0.29, 0.717) is 17.2 Å². The van der Waals surface area contributed by atoms with Crippen LogP contribution in [0.3, 0.4) is 0 Å². The molecule has 1 aromatic carbocycles. The first-order valence-electron chi connectivity index (χ1n) is 5.69. The highest BCUT2D eigenvalue weighted by Crippen LogP contribution is 2.26. The van der Waals surface area contributed by atoms with Gasteiger partial charge in [-0.1, -0.05) is 18.3 Å². The molecule has 0 fully saturated rings. The molecule has 0 aliphatic carbocycles. The number of aromatic nitrogens is 1. The van der Waals surface area contributed by atoms with E-state index in [9.17, 15) is 4.39 Å². The molecule has 0 saturated heterocycles. The third-order valence-electron chi connectivity index (χ3n) is 2.57. The fraction of sp³-hybridized carbons (Fsp3) is 0.143. The molecule has 0 bridgehead atoms. The Balaban J connectivity index is 2.47. The number of thiocarbonyl (C=S) groups is 1. The average Bonchev–Trinajstić information content (AvgIpc) is 2.26. The highest BCUT2D eigenvalue weighted by Gasteiger charge is 2.13. The predicted molar refractivity (Wildman–Crippen MR) is 76.1 cm³/mol. The molecule has 5 heteroatoms. The van der Waals surface area contributed by atoms with Gasteiger partial charge in [-0.3, -0.25) is 0 Å². The van der Waals surface area contributed by atoms with Gasteiger partial charge in [0.15, 0.2) is 0 Å². The van der Waals surface area contributed by atoms with Crippen molar-refractivity contribution in [1.82, 2.24) is 4.98 Å². The predicted octanol–water partition coefficient (Wildman–Crippen LogP) is 3.26. The summed E-state index contributed by atoms with van der Waals surface area (Å²) in [6.07, 6.45) is 0. The number of benzene rings is 1. The van der Waals surface area contributed by atoms with Gasteiger partial charge in [-0.2, -0.15) is 0 Å². The Morgan fingerprint density at radius 2 is 2.05 bits per heavy atom. The minimum absolute atomic E-state index is 0.205. The molecular formula is C14H13FN2OS. The molecule has 19 heavy (non-hydrogen) atoms. The molecule has 0 aliphatic heterocycles. The smallest absolute Gasteiger partial charge is 0.229 e. The number of nitrogens with zero attached hydrogens (tertiary/aromatic N) is 1. The summed E-state index contributed by atoms with van der Waals surface area (Å²) in [5.74, 6) is 0.282. The zero-order chi connectivity index (χ0) is 14.0. The van der Waals surface area contributed by atoms with Crippen molar-refractivity contribution < 1.29 is 9.13 Å². The van der Waals surface area contributed by atoms with Crippen LogP contribution in [0.25, 0.3) is 0 Å². The Morgan fingerprint density at radius 3 is 2.68 bits per heavy atom. The van der Waals surface area contributed by atoms with Crippen molar-refractivity contribution in [3.63, 3.8) is 0 Å². The van der Waals surface area contributed by atoms with Gasteiger partial charge in [-0.25, -0.2) is 9.37 Å². The van der Waals surface area contributed by atoms with Gasteiger partial charge in [0.05, 0.1) is 5.56 Å². The Kier molecular flexibility index (Phi) is 3.76. The molecule has 1 heterocycles. The molecule has 0 radical (unpaired) electrons. The van der Waals surface area contributed by atoms with E-state index < -0.39 is 0 Å². The van der Waals surface area contributed by atoms with Crippen molar-refractivity contribution >= 4 is 17.2 Å². The van der Waals surface area contributed by atoms with Crippen molar-refractivity contribution in [2.24, 2.45) is 5.73 Å². The highest BCUT2D eigenvalue weighted by molar-refractivity contribution is 7.80. The number of rotatable bonds is 3. The fourth-order valence-corrected chi connectivity index (χ4v) is 2.07. The lowest BCUT2D eigenvalue weighted by Gasteiger charge is -2.12. The van der Waals surface area contributed by atoms with Crippen molar-refractivity contribution in [3.05, 3.63) is 53.0 Å². The molecule has 0 spiro atoms. The first-order chi connectivity index (χ1) is 8.97. The summed E-state index contributed by atoms with van der Waals surface area (Å²) in [5.41, 5.74) is 7.92. The second-order valence-corrected chi connectivity index (χ2v) is 4.62. The van der Waals surface area contributed by atoms with Crippen molar-refractivity contribution in [3.8, 4) is 11.6 Å². The van der Waals surface area contributed by atoms with E-state index in [-0.39, 0.29) is 10.8 Å². The van der Waals surface area contributed by atoms with Gasteiger partial charge in [0.2, 0.25) is 5.88 Å². The van der Waals surface area contributed by atoms with Crippen molar-refractivity contribution in [1.29, 1.82) is 0 Å². The molecule has 98 valence electrons. The number of ether oxygens (including phenoxy) is 1. The number of pyridine rings is 1. The maximum absolute atomic E-state index is 13.1. The SMILES string of the molecule is Cc1cc(C)c(C(N)=S)c(Oc2cccc(F)c2)n1. The third kappa shape index (κ3) is 3.06. The van der Waals surface area contributed by atoms with Crippen LogP contribution in [0.4, 0.5) is 4.39 Å². The zero-order valence-electron chi connectivity index (χ0n) is 10.6. The maximum Gasteiger partial charge on any atom is 0.229 e. The lowest BCUT2D eigenvalue weighted by molar-refractivity contribution is 0.455. The van der Waals surface area contributed by atoms with Crippen LogP contribution in [-0.2, 0) is 0 Å². The Hall–Kier alpha value is -2.01. The standard InChI is InChI=1S/C14H13FN2OS/c1-8-6-9(2)17-14(12(8)13(16)19)18-11-5-3-4-10(15)7-11/h3-7H,1-2H3,(H2,16,19). The Morgan fingerprint density at radius 1 is 1.32 bits per heavy atom. The zero-order valence-corrected chi connectivity index (χ0v) is 11.4. The minimum atomic E-state index is -0.376. The van der Waals surface area contributed by atoms with Crippen LogP contribution in [0.5, 0.6) is 11.6 Å². The number of hydrogen-bond donors (Lipinski definition) is 1. The van der Waals surface area contributed by atoms with Crippen LogP contribution < -0.4 is 10.5 Å². The summed E-state index contributed by atoms with van der Waals surface area (Å²) in [6.45, 7) is 3.72. The first-order valence-corrected chi connectivity index (χ1v) is 6.09. The summed E-state index contributed by atoms with van der Waals surface area (Å²) in [4.78, 5) is 4.47. The first kappa shape index (κ1) is 13.4. The monoisotopic (exact) mass is 276 g/mol. The molecule has 1 aromatic heterocycles. The molecule has 0 aliphatic rings. The second-order valence-electron chi connectivity index (χ2n) is 4.18. The number of halogens is 1. The van der Waals surface area contributed by atoms with Crippen molar-refractivity contribution in [2.75, 3.05) is 0 Å². The lowest BCUT2D eigenvalue weighted by Crippen LogP contribution is -2.14. The summed E-state index contributed by atoms with van der Waals surface area (Å²) in [6, 6.07) is 7.70. The summed E-state index contributed by atoms with van der Waals surface area (Å²) < 4.78 is 18.7. The largest absolute Gasteiger partial charge is 0.438 e. The molecule has 0 atom stereocenters. The molecule has 0 saturated carbocycles. The van der Waals surface area contributed by atoms with E-state index in [2.05, 4.69) is 4.98 Å². The van der Waals surface area contributed by atoms with Crippen LogP contribution in [0.2, 0.25) is 0 Å². The molecular weight excluding hydrogens is 263 g/mol.